The average Bonchev–Trinajstić information content (AvgIpc) is 2.85. The van der Waals surface area contributed by atoms with Gasteiger partial charge in [0, 0.05) is 15.9 Å². The molecule has 9 heteroatoms. The van der Waals surface area contributed by atoms with Crippen LogP contribution in [0.15, 0.2) is 98.6 Å². The van der Waals surface area contributed by atoms with Gasteiger partial charge < -0.3 is 10.5 Å². The van der Waals surface area contributed by atoms with Crippen molar-refractivity contribution in [3.63, 3.8) is 0 Å². The van der Waals surface area contributed by atoms with Crippen molar-refractivity contribution < 1.29 is 9.53 Å². The van der Waals surface area contributed by atoms with Crippen molar-refractivity contribution in [2.24, 2.45) is 0 Å². The van der Waals surface area contributed by atoms with E-state index in [4.69, 9.17) is 10.5 Å². The van der Waals surface area contributed by atoms with E-state index in [-0.39, 0.29) is 17.5 Å². The maximum absolute atomic E-state index is 13.6. The molecule has 0 saturated carbocycles. The molecule has 0 spiro atoms. The smallest absolute Gasteiger partial charge is 0.275 e. The zero-order valence-corrected chi connectivity index (χ0v) is 19.8. The molecule has 1 aliphatic heterocycles. The summed E-state index contributed by atoms with van der Waals surface area (Å²) in [5, 5.41) is 0.316. The number of nitrogens with zero attached hydrogens (tertiary/aromatic N) is 3. The fraction of sp³-hybridized carbons (Fsp3) is 0.0800. The molecule has 1 amide bonds. The Bertz CT molecular complexity index is 1410. The Hall–Kier alpha value is -3.69. The molecule has 0 fully saturated rings. The lowest BCUT2D eigenvalue weighted by atomic mass is 10.2. The third-order valence-electron chi connectivity index (χ3n) is 5.26. The Kier molecular flexibility index (Phi) is 6.04. The third kappa shape index (κ3) is 4.04. The summed E-state index contributed by atoms with van der Waals surface area (Å²) < 4.78 is 7.10. The molecule has 1 aromatic heterocycles. The minimum atomic E-state index is -0.469. The summed E-state index contributed by atoms with van der Waals surface area (Å²) in [6, 6.07) is 24.2. The van der Waals surface area contributed by atoms with Crippen LogP contribution >= 0.6 is 23.5 Å². The standard InChI is InChI=1S/C25H20N4O3S2/c1-32-19-11-5-2-8-16(19)29-22(26)14-23(30)27-25(29)33-15-24(31)28-17-9-3-6-12-20(17)34-21-13-7-4-10-18(21)28/h2-14H,15,26H2,1H3. The molecule has 0 aliphatic carbocycles. The maximum Gasteiger partial charge on any atom is 0.275 e. The number of carbonyl (C=O) groups excluding carboxylic acids is 1. The number of nitrogens with two attached hydrogens (primary N) is 1. The van der Waals surface area contributed by atoms with E-state index in [9.17, 15) is 9.59 Å². The first-order valence-electron chi connectivity index (χ1n) is 10.4. The minimum absolute atomic E-state index is 0.0539. The molecule has 170 valence electrons. The SMILES string of the molecule is COc1ccccc1-n1c(N)cc(=O)nc1SCC(=O)N1c2ccccc2Sc2ccccc21. The Morgan fingerprint density at radius 1 is 0.971 bits per heavy atom. The normalized spacial score (nSPS) is 12.1. The van der Waals surface area contributed by atoms with Crippen LogP contribution in [0, 0.1) is 0 Å². The van der Waals surface area contributed by atoms with E-state index in [1.54, 1.807) is 34.4 Å². The Morgan fingerprint density at radius 3 is 2.21 bits per heavy atom. The van der Waals surface area contributed by atoms with Gasteiger partial charge in [-0.3, -0.25) is 19.1 Å². The zero-order chi connectivity index (χ0) is 23.7. The topological polar surface area (TPSA) is 90.5 Å². The number of hydrogen-bond acceptors (Lipinski definition) is 7. The lowest BCUT2D eigenvalue weighted by Crippen LogP contribution is -2.30. The van der Waals surface area contributed by atoms with E-state index >= 15 is 0 Å². The summed E-state index contributed by atoms with van der Waals surface area (Å²) in [5.41, 5.74) is 8.04. The summed E-state index contributed by atoms with van der Waals surface area (Å²) in [4.78, 5) is 33.6. The van der Waals surface area contributed by atoms with Crippen LogP contribution < -0.4 is 20.9 Å². The second-order valence-electron chi connectivity index (χ2n) is 7.36. The second-order valence-corrected chi connectivity index (χ2v) is 9.39. The largest absolute Gasteiger partial charge is 0.495 e. The van der Waals surface area contributed by atoms with E-state index in [0.717, 1.165) is 32.9 Å². The highest BCUT2D eigenvalue weighted by Crippen LogP contribution is 2.48. The molecule has 0 bridgehead atoms. The summed E-state index contributed by atoms with van der Waals surface area (Å²) in [6.45, 7) is 0. The number of amides is 1. The van der Waals surface area contributed by atoms with E-state index in [1.165, 1.54) is 6.07 Å². The van der Waals surface area contributed by atoms with Crippen LogP contribution in [0.25, 0.3) is 5.69 Å². The van der Waals surface area contributed by atoms with Crippen LogP contribution in [-0.2, 0) is 4.79 Å². The fourth-order valence-electron chi connectivity index (χ4n) is 3.80. The van der Waals surface area contributed by atoms with Gasteiger partial charge in [-0.15, -0.1) is 0 Å². The molecule has 2 heterocycles. The quantitative estimate of drug-likeness (QED) is 0.320. The van der Waals surface area contributed by atoms with E-state index in [2.05, 4.69) is 4.98 Å². The number of aromatic nitrogens is 2. The lowest BCUT2D eigenvalue weighted by molar-refractivity contribution is -0.115. The number of hydrogen-bond donors (Lipinski definition) is 1. The van der Waals surface area contributed by atoms with Gasteiger partial charge in [-0.05, 0) is 36.4 Å². The van der Waals surface area contributed by atoms with Crippen LogP contribution in [0.1, 0.15) is 0 Å². The summed E-state index contributed by atoms with van der Waals surface area (Å²) in [5.74, 6) is 0.708. The van der Waals surface area contributed by atoms with Crippen LogP contribution in [0.2, 0.25) is 0 Å². The second kappa shape index (κ2) is 9.28. The highest BCUT2D eigenvalue weighted by atomic mass is 32.2. The average molecular weight is 489 g/mol. The molecule has 0 atom stereocenters. The minimum Gasteiger partial charge on any atom is -0.495 e. The van der Waals surface area contributed by atoms with Gasteiger partial charge in [0.15, 0.2) is 5.16 Å². The van der Waals surface area contributed by atoms with Gasteiger partial charge in [-0.1, -0.05) is 59.9 Å². The Morgan fingerprint density at radius 2 is 1.56 bits per heavy atom. The molecule has 5 rings (SSSR count). The van der Waals surface area contributed by atoms with E-state index in [0.29, 0.717) is 16.6 Å². The van der Waals surface area contributed by atoms with E-state index < -0.39 is 5.56 Å². The Labute approximate surface area is 204 Å². The van der Waals surface area contributed by atoms with Gasteiger partial charge in [0.25, 0.3) is 5.56 Å². The number of methoxy groups -OCH3 is 1. The lowest BCUT2D eigenvalue weighted by Gasteiger charge is -2.31. The Balaban J connectivity index is 1.51. The summed E-state index contributed by atoms with van der Waals surface area (Å²) in [7, 11) is 1.56. The predicted octanol–water partition coefficient (Wildman–Crippen LogP) is 4.74. The highest BCUT2D eigenvalue weighted by Gasteiger charge is 2.28. The molecule has 3 aromatic carbocycles. The van der Waals surface area contributed by atoms with Crippen LogP contribution in [0.4, 0.5) is 17.2 Å². The van der Waals surface area contributed by atoms with Gasteiger partial charge in [-0.2, -0.15) is 4.98 Å². The number of nitrogen functional groups attached to an aromatic ring is 1. The molecule has 7 nitrogen and oxygen atoms in total. The highest BCUT2D eigenvalue weighted by molar-refractivity contribution is 8.00. The molecule has 34 heavy (non-hydrogen) atoms. The van der Waals surface area contributed by atoms with Crippen molar-refractivity contribution in [1.82, 2.24) is 9.55 Å². The predicted molar refractivity (Wildman–Crippen MR) is 136 cm³/mol. The van der Waals surface area contributed by atoms with Crippen molar-refractivity contribution in [3.8, 4) is 11.4 Å². The maximum atomic E-state index is 13.6. The molecular formula is C25H20N4O3S2. The summed E-state index contributed by atoms with van der Waals surface area (Å²) >= 11 is 2.80. The van der Waals surface area contributed by atoms with Gasteiger partial charge in [0.05, 0.1) is 29.9 Å². The van der Waals surface area contributed by atoms with E-state index in [1.807, 2.05) is 66.7 Å². The molecule has 0 saturated heterocycles. The number of ether oxygens (including phenoxy) is 1. The van der Waals surface area contributed by atoms with Crippen molar-refractivity contribution in [3.05, 3.63) is 89.2 Å². The molecule has 2 N–H and O–H groups in total. The van der Waals surface area contributed by atoms with Gasteiger partial charge >= 0.3 is 0 Å². The molecule has 0 unspecified atom stereocenters. The van der Waals surface area contributed by atoms with Crippen molar-refractivity contribution in [2.75, 3.05) is 23.5 Å². The zero-order valence-electron chi connectivity index (χ0n) is 18.2. The fourth-order valence-corrected chi connectivity index (χ4v) is 5.72. The number of fused-ring (bicyclic) bond motifs is 2. The number of carbonyl (C=O) groups is 1. The summed E-state index contributed by atoms with van der Waals surface area (Å²) in [6.07, 6.45) is 0. The monoisotopic (exact) mass is 488 g/mol. The molecule has 1 aliphatic rings. The first-order chi connectivity index (χ1) is 16.6. The molecule has 0 radical (unpaired) electrons. The van der Waals surface area contributed by atoms with Crippen molar-refractivity contribution >= 4 is 46.6 Å². The van der Waals surface area contributed by atoms with Crippen LogP contribution in [0.5, 0.6) is 5.75 Å². The van der Waals surface area contributed by atoms with Crippen molar-refractivity contribution in [1.29, 1.82) is 0 Å². The number of anilines is 3. The molecular weight excluding hydrogens is 468 g/mol. The number of para-hydroxylation sites is 4. The third-order valence-corrected chi connectivity index (χ3v) is 7.31. The van der Waals surface area contributed by atoms with Gasteiger partial charge in [0.1, 0.15) is 11.6 Å². The van der Waals surface area contributed by atoms with Gasteiger partial charge in [-0.25, -0.2) is 0 Å². The van der Waals surface area contributed by atoms with Crippen molar-refractivity contribution in [2.45, 2.75) is 14.9 Å². The first-order valence-corrected chi connectivity index (χ1v) is 12.2. The van der Waals surface area contributed by atoms with Crippen LogP contribution in [-0.4, -0.2) is 28.3 Å². The number of rotatable bonds is 5. The molecule has 4 aromatic rings. The first kappa shape index (κ1) is 22.1. The number of benzene rings is 3. The van der Waals surface area contributed by atoms with Crippen LogP contribution in [0.3, 0.4) is 0 Å². The van der Waals surface area contributed by atoms with Gasteiger partial charge in [0.2, 0.25) is 5.91 Å². The number of thioether (sulfide) groups is 1.